The van der Waals surface area contributed by atoms with Gasteiger partial charge >= 0.3 is 7.60 Å². The Balaban J connectivity index is 2.65. The van der Waals surface area contributed by atoms with Gasteiger partial charge in [-0.15, -0.1) is 0 Å². The van der Waals surface area contributed by atoms with Crippen LogP contribution in [0.1, 0.15) is 11.1 Å². The number of ketones is 1. The quantitative estimate of drug-likeness (QED) is 0.747. The number of benzene rings is 1. The average molecular weight is 258 g/mol. The molecule has 0 aliphatic carbocycles. The lowest BCUT2D eigenvalue weighted by molar-refractivity contribution is -0.116. The third kappa shape index (κ3) is 5.75. The highest BCUT2D eigenvalue weighted by molar-refractivity contribution is 7.52. The fourth-order valence-corrected chi connectivity index (χ4v) is 2.08. The molecular formula is C11H15O5P. The first-order chi connectivity index (χ1) is 7.90. The maximum Gasteiger partial charge on any atom is 0.332 e. The fraction of sp³-hybridized carbons (Fsp3) is 0.364. The third-order valence-corrected chi connectivity index (χ3v) is 2.85. The summed E-state index contributed by atoms with van der Waals surface area (Å²) in [5.41, 5.74) is 1.66. The minimum absolute atomic E-state index is 0.0304. The molecule has 0 amide bonds. The van der Waals surface area contributed by atoms with Gasteiger partial charge in [0.1, 0.15) is 11.9 Å². The highest BCUT2D eigenvalue weighted by Gasteiger charge is 2.18. The number of ether oxygens (including phenoxy) is 1. The highest BCUT2D eigenvalue weighted by Crippen LogP contribution is 2.34. The lowest BCUT2D eigenvalue weighted by atomic mass is 10.1. The van der Waals surface area contributed by atoms with Crippen LogP contribution in [0.2, 0.25) is 0 Å². The lowest BCUT2D eigenvalue weighted by Crippen LogP contribution is -2.08. The van der Waals surface area contributed by atoms with E-state index in [0.717, 1.165) is 11.1 Å². The van der Waals surface area contributed by atoms with Gasteiger partial charge in [-0.1, -0.05) is 24.3 Å². The maximum atomic E-state index is 11.4. The van der Waals surface area contributed by atoms with E-state index in [2.05, 4.69) is 0 Å². The number of methoxy groups -OCH3 is 1. The molecule has 0 saturated carbocycles. The van der Waals surface area contributed by atoms with E-state index >= 15 is 0 Å². The van der Waals surface area contributed by atoms with Crippen LogP contribution in [-0.4, -0.2) is 28.8 Å². The van der Waals surface area contributed by atoms with Crippen LogP contribution in [0.5, 0.6) is 0 Å². The molecule has 0 bridgehead atoms. The number of carbonyl (C=O) groups is 1. The predicted molar refractivity (Wildman–Crippen MR) is 62.8 cm³/mol. The topological polar surface area (TPSA) is 83.8 Å². The fourth-order valence-electron chi connectivity index (χ4n) is 1.51. The van der Waals surface area contributed by atoms with Crippen molar-refractivity contribution in [3.8, 4) is 0 Å². The summed E-state index contributed by atoms with van der Waals surface area (Å²) < 4.78 is 15.6. The Morgan fingerprint density at radius 2 is 2.00 bits per heavy atom. The number of rotatable bonds is 6. The number of hydrogen-bond donors (Lipinski definition) is 2. The van der Waals surface area contributed by atoms with Gasteiger partial charge in [-0.2, -0.15) is 0 Å². The summed E-state index contributed by atoms with van der Waals surface area (Å²) >= 11 is 0. The number of hydrogen-bond acceptors (Lipinski definition) is 3. The van der Waals surface area contributed by atoms with E-state index in [4.69, 9.17) is 14.5 Å². The van der Waals surface area contributed by atoms with E-state index in [-0.39, 0.29) is 6.42 Å². The molecule has 0 unspecified atom stereocenters. The Bertz CT molecular complexity index is 437. The van der Waals surface area contributed by atoms with Crippen LogP contribution in [0.25, 0.3) is 0 Å². The van der Waals surface area contributed by atoms with E-state index in [9.17, 15) is 9.36 Å². The molecule has 5 nitrogen and oxygen atoms in total. The van der Waals surface area contributed by atoms with Crippen LogP contribution in [0.15, 0.2) is 24.3 Å². The zero-order chi connectivity index (χ0) is 12.9. The first-order valence-corrected chi connectivity index (χ1v) is 6.83. The Morgan fingerprint density at radius 1 is 1.35 bits per heavy atom. The zero-order valence-corrected chi connectivity index (χ0v) is 10.4. The number of carbonyl (C=O) groups excluding carboxylic acids is 1. The van der Waals surface area contributed by atoms with Gasteiger partial charge in [-0.3, -0.25) is 9.36 Å². The molecule has 17 heavy (non-hydrogen) atoms. The van der Waals surface area contributed by atoms with Crippen molar-refractivity contribution in [2.24, 2.45) is 0 Å². The molecule has 1 rings (SSSR count). The second-order valence-electron chi connectivity index (χ2n) is 3.79. The monoisotopic (exact) mass is 258 g/mol. The van der Waals surface area contributed by atoms with E-state index < -0.39 is 19.5 Å². The number of Topliss-reactive ketones (excluding diaryl/α,β-unsaturated/α-hetero) is 1. The van der Waals surface area contributed by atoms with Crippen molar-refractivity contribution in [3.05, 3.63) is 35.4 Å². The summed E-state index contributed by atoms with van der Waals surface area (Å²) in [5.74, 6) is -0.465. The molecule has 0 spiro atoms. The Morgan fingerprint density at radius 3 is 2.59 bits per heavy atom. The average Bonchev–Trinajstić information content (AvgIpc) is 2.15. The summed E-state index contributed by atoms with van der Waals surface area (Å²) in [6.45, 7) is 0.445. The highest BCUT2D eigenvalue weighted by atomic mass is 31.2. The van der Waals surface area contributed by atoms with Gasteiger partial charge in [0.05, 0.1) is 6.61 Å². The Hall–Kier alpha value is -1.00. The molecule has 2 N–H and O–H groups in total. The molecule has 0 atom stereocenters. The van der Waals surface area contributed by atoms with E-state index in [0.29, 0.717) is 6.61 Å². The Kier molecular flexibility index (Phi) is 5.02. The van der Waals surface area contributed by atoms with Crippen LogP contribution < -0.4 is 0 Å². The van der Waals surface area contributed by atoms with Crippen molar-refractivity contribution in [1.82, 2.24) is 0 Å². The standard InChI is InChI=1S/C11H15O5P/c1-16-7-10-4-2-3-9(5-10)6-11(12)8-17(13,14)15/h2-5H,6-8H2,1H3,(H2,13,14,15). The van der Waals surface area contributed by atoms with Gasteiger partial charge in [-0.05, 0) is 11.1 Å². The molecule has 0 aromatic heterocycles. The molecule has 6 heteroatoms. The Labute approximate surface area is 99.6 Å². The normalized spacial score (nSPS) is 11.5. The summed E-state index contributed by atoms with van der Waals surface area (Å²) in [5, 5.41) is 0. The van der Waals surface area contributed by atoms with Crippen LogP contribution >= 0.6 is 7.60 Å². The van der Waals surface area contributed by atoms with Crippen molar-refractivity contribution in [2.75, 3.05) is 13.3 Å². The van der Waals surface area contributed by atoms with Crippen LogP contribution in [-0.2, 0) is 27.1 Å². The predicted octanol–water partition coefficient (Wildman–Crippen LogP) is 1.12. The van der Waals surface area contributed by atoms with E-state index in [1.54, 1.807) is 25.3 Å². The summed E-state index contributed by atoms with van der Waals surface area (Å²) in [7, 11) is -2.68. The second kappa shape index (κ2) is 6.07. The van der Waals surface area contributed by atoms with Gasteiger partial charge < -0.3 is 14.5 Å². The molecule has 0 radical (unpaired) electrons. The minimum Gasteiger partial charge on any atom is -0.380 e. The summed E-state index contributed by atoms with van der Waals surface area (Å²) in [6.07, 6.45) is -0.676. The van der Waals surface area contributed by atoms with Crippen LogP contribution in [0, 0.1) is 0 Å². The second-order valence-corrected chi connectivity index (χ2v) is 5.44. The summed E-state index contributed by atoms with van der Waals surface area (Å²) in [6, 6.07) is 7.19. The molecule has 1 aromatic rings. The lowest BCUT2D eigenvalue weighted by Gasteiger charge is -2.05. The molecule has 0 aliphatic heterocycles. The van der Waals surface area contributed by atoms with Crippen LogP contribution in [0.4, 0.5) is 0 Å². The molecular weight excluding hydrogens is 243 g/mol. The van der Waals surface area contributed by atoms with Gasteiger partial charge in [0.2, 0.25) is 0 Å². The van der Waals surface area contributed by atoms with Crippen molar-refractivity contribution in [1.29, 1.82) is 0 Å². The first kappa shape index (κ1) is 14.1. The van der Waals surface area contributed by atoms with Crippen molar-refractivity contribution < 1.29 is 23.9 Å². The van der Waals surface area contributed by atoms with Crippen molar-refractivity contribution >= 4 is 13.4 Å². The molecule has 1 aromatic carbocycles. The van der Waals surface area contributed by atoms with E-state index in [1.807, 2.05) is 6.07 Å². The van der Waals surface area contributed by atoms with Gasteiger partial charge in [0, 0.05) is 13.5 Å². The largest absolute Gasteiger partial charge is 0.380 e. The zero-order valence-electron chi connectivity index (χ0n) is 9.50. The smallest absolute Gasteiger partial charge is 0.332 e. The molecule has 0 fully saturated rings. The first-order valence-electron chi connectivity index (χ1n) is 5.04. The third-order valence-electron chi connectivity index (χ3n) is 2.09. The van der Waals surface area contributed by atoms with E-state index in [1.165, 1.54) is 0 Å². The van der Waals surface area contributed by atoms with Gasteiger partial charge in [0.25, 0.3) is 0 Å². The summed E-state index contributed by atoms with van der Waals surface area (Å²) in [4.78, 5) is 28.7. The van der Waals surface area contributed by atoms with Gasteiger partial charge in [0.15, 0.2) is 0 Å². The van der Waals surface area contributed by atoms with Crippen molar-refractivity contribution in [3.63, 3.8) is 0 Å². The minimum atomic E-state index is -4.26. The molecule has 0 saturated heterocycles. The van der Waals surface area contributed by atoms with Gasteiger partial charge in [-0.25, -0.2) is 0 Å². The molecule has 94 valence electrons. The SMILES string of the molecule is COCc1cccc(CC(=O)CP(=O)(O)O)c1. The maximum absolute atomic E-state index is 11.4. The molecule has 0 aliphatic rings. The van der Waals surface area contributed by atoms with Crippen LogP contribution in [0.3, 0.4) is 0 Å². The molecule has 0 heterocycles. The van der Waals surface area contributed by atoms with Crippen molar-refractivity contribution in [2.45, 2.75) is 13.0 Å².